The maximum atomic E-state index is 12.1. The highest BCUT2D eigenvalue weighted by molar-refractivity contribution is 5.84. The molecule has 1 aromatic rings. The van der Waals surface area contributed by atoms with E-state index in [0.717, 1.165) is 23.3 Å². The molecule has 0 aliphatic carbocycles. The number of rotatable bonds is 5. The number of amides is 1. The Morgan fingerprint density at radius 3 is 2.57 bits per heavy atom. The first-order valence-electron chi connectivity index (χ1n) is 7.21. The van der Waals surface area contributed by atoms with E-state index >= 15 is 0 Å². The van der Waals surface area contributed by atoms with Crippen LogP contribution in [0.5, 0.6) is 5.75 Å². The molecule has 1 heterocycles. The lowest BCUT2D eigenvalue weighted by Crippen LogP contribution is -2.40. The molecular weight excluding hydrogens is 270 g/mol. The number of aliphatic carboxylic acids is 1. The molecule has 1 fully saturated rings. The Kier molecular flexibility index (Phi) is 4.83. The van der Waals surface area contributed by atoms with E-state index in [9.17, 15) is 9.59 Å². The Balaban J connectivity index is 1.85. The smallest absolute Gasteiger partial charge is 0.326 e. The maximum Gasteiger partial charge on any atom is 0.326 e. The molecule has 0 saturated carbocycles. The van der Waals surface area contributed by atoms with Crippen molar-refractivity contribution >= 4 is 11.9 Å². The van der Waals surface area contributed by atoms with Crippen molar-refractivity contribution in [3.8, 4) is 5.75 Å². The summed E-state index contributed by atoms with van der Waals surface area (Å²) >= 11 is 0. The summed E-state index contributed by atoms with van der Waals surface area (Å²) in [5.41, 5.74) is 2.23. The van der Waals surface area contributed by atoms with Crippen LogP contribution in [0.4, 0.5) is 0 Å². The third-order valence-corrected chi connectivity index (χ3v) is 3.64. The van der Waals surface area contributed by atoms with Gasteiger partial charge in [-0.05, 0) is 49.9 Å². The largest absolute Gasteiger partial charge is 0.493 e. The molecule has 0 aromatic heterocycles. The molecular formula is C16H21NO4. The van der Waals surface area contributed by atoms with Crippen LogP contribution in [0.2, 0.25) is 0 Å². The van der Waals surface area contributed by atoms with Gasteiger partial charge in [-0.1, -0.05) is 6.07 Å². The minimum atomic E-state index is -0.920. The van der Waals surface area contributed by atoms with E-state index in [4.69, 9.17) is 9.84 Å². The highest BCUT2D eigenvalue weighted by Gasteiger charge is 2.33. The van der Waals surface area contributed by atoms with Gasteiger partial charge >= 0.3 is 5.97 Å². The second-order valence-corrected chi connectivity index (χ2v) is 5.51. The Labute approximate surface area is 124 Å². The van der Waals surface area contributed by atoms with Crippen molar-refractivity contribution in [2.24, 2.45) is 0 Å². The van der Waals surface area contributed by atoms with Crippen LogP contribution < -0.4 is 4.74 Å². The van der Waals surface area contributed by atoms with E-state index in [1.165, 1.54) is 4.90 Å². The van der Waals surface area contributed by atoms with E-state index in [1.54, 1.807) is 0 Å². The second-order valence-electron chi connectivity index (χ2n) is 5.51. The zero-order valence-electron chi connectivity index (χ0n) is 12.5. The van der Waals surface area contributed by atoms with Crippen molar-refractivity contribution in [2.45, 2.75) is 39.2 Å². The second kappa shape index (κ2) is 6.61. The van der Waals surface area contributed by atoms with Crippen LogP contribution in [0, 0.1) is 13.8 Å². The standard InChI is InChI=1S/C16H21NO4/c1-11-8-12(2)10-13(9-11)21-7-5-15(18)17-6-3-4-14(17)16(19)20/h8-10,14H,3-7H2,1-2H3,(H,19,20)/t14-/m1/s1. The zero-order chi connectivity index (χ0) is 15.4. The first kappa shape index (κ1) is 15.4. The number of benzene rings is 1. The van der Waals surface area contributed by atoms with Crippen molar-refractivity contribution in [1.82, 2.24) is 4.90 Å². The Hall–Kier alpha value is -2.04. The van der Waals surface area contributed by atoms with Crippen LogP contribution in [0.1, 0.15) is 30.4 Å². The summed E-state index contributed by atoms with van der Waals surface area (Å²) in [6, 6.07) is 5.24. The molecule has 5 nitrogen and oxygen atoms in total. The predicted octanol–water partition coefficient (Wildman–Crippen LogP) is 2.15. The monoisotopic (exact) mass is 291 g/mol. The lowest BCUT2D eigenvalue weighted by Gasteiger charge is -2.21. The molecule has 1 atom stereocenters. The summed E-state index contributed by atoms with van der Waals surface area (Å²) < 4.78 is 5.60. The summed E-state index contributed by atoms with van der Waals surface area (Å²) in [7, 11) is 0. The summed E-state index contributed by atoms with van der Waals surface area (Å²) in [5.74, 6) is -0.322. The Morgan fingerprint density at radius 1 is 1.29 bits per heavy atom. The van der Waals surface area contributed by atoms with Crippen molar-refractivity contribution in [3.05, 3.63) is 29.3 Å². The van der Waals surface area contributed by atoms with E-state index in [1.807, 2.05) is 26.0 Å². The molecule has 0 unspecified atom stereocenters. The molecule has 0 spiro atoms. The van der Waals surface area contributed by atoms with Crippen LogP contribution >= 0.6 is 0 Å². The fraction of sp³-hybridized carbons (Fsp3) is 0.500. The number of nitrogens with zero attached hydrogens (tertiary/aromatic N) is 1. The third-order valence-electron chi connectivity index (χ3n) is 3.64. The minimum absolute atomic E-state index is 0.149. The molecule has 1 saturated heterocycles. The van der Waals surface area contributed by atoms with Gasteiger partial charge in [0.1, 0.15) is 11.8 Å². The average molecular weight is 291 g/mol. The van der Waals surface area contributed by atoms with Gasteiger partial charge < -0.3 is 14.7 Å². The summed E-state index contributed by atoms with van der Waals surface area (Å²) in [6.45, 7) is 4.78. The number of hydrogen-bond acceptors (Lipinski definition) is 3. The number of likely N-dealkylation sites (tertiary alicyclic amines) is 1. The van der Waals surface area contributed by atoms with Gasteiger partial charge in [0.2, 0.25) is 5.91 Å². The topological polar surface area (TPSA) is 66.8 Å². The van der Waals surface area contributed by atoms with Crippen molar-refractivity contribution in [1.29, 1.82) is 0 Å². The highest BCUT2D eigenvalue weighted by atomic mass is 16.5. The van der Waals surface area contributed by atoms with Gasteiger partial charge in [0.05, 0.1) is 13.0 Å². The van der Waals surface area contributed by atoms with Crippen molar-refractivity contribution in [3.63, 3.8) is 0 Å². The molecule has 1 aliphatic heterocycles. The van der Waals surface area contributed by atoms with Crippen molar-refractivity contribution in [2.75, 3.05) is 13.2 Å². The van der Waals surface area contributed by atoms with Crippen LogP contribution in [0.25, 0.3) is 0 Å². The summed E-state index contributed by atoms with van der Waals surface area (Å²) in [6.07, 6.45) is 1.50. The number of carboxylic acid groups (broad SMARTS) is 1. The molecule has 21 heavy (non-hydrogen) atoms. The molecule has 114 valence electrons. The summed E-state index contributed by atoms with van der Waals surface area (Å²) in [5, 5.41) is 9.07. The highest BCUT2D eigenvalue weighted by Crippen LogP contribution is 2.19. The van der Waals surface area contributed by atoms with Gasteiger partial charge in [-0.2, -0.15) is 0 Å². The number of carbonyl (C=O) groups is 2. The maximum absolute atomic E-state index is 12.1. The molecule has 0 bridgehead atoms. The quantitative estimate of drug-likeness (QED) is 0.902. The van der Waals surface area contributed by atoms with Crippen LogP contribution in [-0.2, 0) is 9.59 Å². The molecule has 1 aromatic carbocycles. The minimum Gasteiger partial charge on any atom is -0.493 e. The van der Waals surface area contributed by atoms with E-state index < -0.39 is 12.0 Å². The first-order valence-corrected chi connectivity index (χ1v) is 7.21. The molecule has 0 radical (unpaired) electrons. The number of carbonyl (C=O) groups excluding carboxylic acids is 1. The van der Waals surface area contributed by atoms with Gasteiger partial charge in [0.25, 0.3) is 0 Å². The van der Waals surface area contributed by atoms with Crippen LogP contribution in [-0.4, -0.2) is 41.1 Å². The predicted molar refractivity (Wildman–Crippen MR) is 78.4 cm³/mol. The Bertz CT molecular complexity index is 521. The third kappa shape index (κ3) is 3.97. The van der Waals surface area contributed by atoms with Gasteiger partial charge in [-0.15, -0.1) is 0 Å². The first-order chi connectivity index (χ1) is 9.97. The fourth-order valence-electron chi connectivity index (χ4n) is 2.74. The van der Waals surface area contributed by atoms with Gasteiger partial charge in [-0.25, -0.2) is 4.79 Å². The number of carboxylic acids is 1. The lowest BCUT2D eigenvalue weighted by molar-refractivity contribution is -0.148. The molecule has 1 N–H and O–H groups in total. The van der Waals surface area contributed by atoms with Crippen LogP contribution in [0.3, 0.4) is 0 Å². The van der Waals surface area contributed by atoms with E-state index in [2.05, 4.69) is 6.07 Å². The molecule has 5 heteroatoms. The van der Waals surface area contributed by atoms with Gasteiger partial charge in [-0.3, -0.25) is 4.79 Å². The van der Waals surface area contributed by atoms with Crippen LogP contribution in [0.15, 0.2) is 18.2 Å². The SMILES string of the molecule is Cc1cc(C)cc(OCCC(=O)N2CCC[C@@H]2C(=O)O)c1. The molecule has 1 aliphatic rings. The normalized spacial score (nSPS) is 17.8. The zero-order valence-corrected chi connectivity index (χ0v) is 12.5. The van der Waals surface area contributed by atoms with E-state index in [-0.39, 0.29) is 18.9 Å². The van der Waals surface area contributed by atoms with Gasteiger partial charge in [0.15, 0.2) is 0 Å². The number of ether oxygens (including phenoxy) is 1. The lowest BCUT2D eigenvalue weighted by atomic mass is 10.1. The van der Waals surface area contributed by atoms with Gasteiger partial charge in [0, 0.05) is 6.54 Å². The van der Waals surface area contributed by atoms with E-state index in [0.29, 0.717) is 13.0 Å². The van der Waals surface area contributed by atoms with Crippen molar-refractivity contribution < 1.29 is 19.4 Å². The summed E-state index contributed by atoms with van der Waals surface area (Å²) in [4.78, 5) is 24.6. The molecule has 1 amide bonds. The average Bonchev–Trinajstić information content (AvgIpc) is 2.86. The number of aryl methyl sites for hydroxylation is 2. The number of hydrogen-bond donors (Lipinski definition) is 1. The Morgan fingerprint density at radius 2 is 1.95 bits per heavy atom. The fourth-order valence-corrected chi connectivity index (χ4v) is 2.74. The molecule has 2 rings (SSSR count).